The first kappa shape index (κ1) is 31.5. The molecule has 0 atom stereocenters. The highest BCUT2D eigenvalue weighted by Gasteiger charge is 2.43. The van der Waals surface area contributed by atoms with E-state index in [1.54, 1.807) is 11.1 Å². The van der Waals surface area contributed by atoms with Crippen LogP contribution in [0.1, 0.15) is 101 Å². The SMILES string of the molecule is CCCC1(CCC)c2ccccc2-c2ccc(-c3ccc(-c4ccc(-c5ccc6c(c5)C(CCC)(CCC)c5ccccc5-6)s4)s3)cc21. The van der Waals surface area contributed by atoms with Crippen molar-refractivity contribution in [1.29, 1.82) is 0 Å². The van der Waals surface area contributed by atoms with Crippen LogP contribution >= 0.6 is 22.7 Å². The summed E-state index contributed by atoms with van der Waals surface area (Å²) in [6.45, 7) is 9.38. The number of rotatable bonds is 11. The number of benzene rings is 4. The van der Waals surface area contributed by atoms with Crippen LogP contribution in [0.15, 0.2) is 109 Å². The minimum atomic E-state index is 0.122. The fourth-order valence-corrected chi connectivity index (χ4v) is 11.6. The summed E-state index contributed by atoms with van der Waals surface area (Å²) < 4.78 is 0. The van der Waals surface area contributed by atoms with E-state index in [1.807, 2.05) is 22.7 Å². The summed E-state index contributed by atoms with van der Waals surface area (Å²) in [7, 11) is 0. The standard InChI is InChI=1S/C46H46S2/c1-5-25-45(26-6-2)37-15-11-9-13-33(37)35-19-17-31(29-39(35)45)41-21-23-43(47-41)44-24-22-42(48-44)32-18-20-36-34-14-10-12-16-38(34)46(27-7-3,28-8-4)40(36)30-32/h9-24,29-30H,5-8,25-28H2,1-4H3. The van der Waals surface area contributed by atoms with Crippen LogP contribution in [0, 0.1) is 0 Å². The number of fused-ring (bicyclic) bond motifs is 6. The molecule has 48 heavy (non-hydrogen) atoms. The van der Waals surface area contributed by atoms with Crippen LogP contribution in [-0.4, -0.2) is 0 Å². The molecule has 2 aliphatic carbocycles. The van der Waals surface area contributed by atoms with Gasteiger partial charge in [-0.05, 0) is 118 Å². The minimum Gasteiger partial charge on any atom is -0.134 e. The first-order valence-electron chi connectivity index (χ1n) is 18.3. The summed E-state index contributed by atoms with van der Waals surface area (Å²) in [5.41, 5.74) is 14.9. The van der Waals surface area contributed by atoms with Gasteiger partial charge in [-0.1, -0.05) is 126 Å². The van der Waals surface area contributed by atoms with Crippen LogP contribution in [0.25, 0.3) is 52.9 Å². The lowest BCUT2D eigenvalue weighted by Crippen LogP contribution is -2.25. The molecule has 0 radical (unpaired) electrons. The lowest BCUT2D eigenvalue weighted by Gasteiger charge is -2.32. The van der Waals surface area contributed by atoms with Gasteiger partial charge in [-0.25, -0.2) is 0 Å². The molecule has 2 aromatic heterocycles. The smallest absolute Gasteiger partial charge is 0.0449 e. The molecule has 0 aliphatic heterocycles. The van der Waals surface area contributed by atoms with Crippen LogP contribution in [-0.2, 0) is 10.8 Å². The lowest BCUT2D eigenvalue weighted by molar-refractivity contribution is 0.436. The molecule has 0 spiro atoms. The van der Waals surface area contributed by atoms with E-state index in [1.165, 1.54) is 115 Å². The topological polar surface area (TPSA) is 0 Å². The maximum atomic E-state index is 2.54. The second-order valence-electron chi connectivity index (χ2n) is 14.1. The van der Waals surface area contributed by atoms with Crippen molar-refractivity contribution in [3.8, 4) is 52.9 Å². The van der Waals surface area contributed by atoms with E-state index in [4.69, 9.17) is 0 Å². The van der Waals surface area contributed by atoms with Gasteiger partial charge in [-0.15, -0.1) is 22.7 Å². The summed E-state index contributed by atoms with van der Waals surface area (Å²) in [5, 5.41) is 0. The molecule has 0 amide bonds. The highest BCUT2D eigenvalue weighted by atomic mass is 32.1. The third-order valence-corrected chi connectivity index (χ3v) is 13.7. The summed E-state index contributed by atoms with van der Waals surface area (Å²) in [5.74, 6) is 0. The van der Waals surface area contributed by atoms with Gasteiger partial charge < -0.3 is 0 Å². The van der Waals surface area contributed by atoms with E-state index in [-0.39, 0.29) is 10.8 Å². The molecule has 8 rings (SSSR count). The van der Waals surface area contributed by atoms with E-state index in [9.17, 15) is 0 Å². The van der Waals surface area contributed by atoms with Gasteiger partial charge in [0, 0.05) is 30.3 Å². The summed E-state index contributed by atoms with van der Waals surface area (Å²) in [6.07, 6.45) is 9.58. The third kappa shape index (κ3) is 4.82. The van der Waals surface area contributed by atoms with E-state index in [0.29, 0.717) is 0 Å². The van der Waals surface area contributed by atoms with Crippen LogP contribution in [0.2, 0.25) is 0 Å². The Morgan fingerprint density at radius 2 is 0.729 bits per heavy atom. The molecule has 0 N–H and O–H groups in total. The molecular weight excluding hydrogens is 617 g/mol. The van der Waals surface area contributed by atoms with Crippen LogP contribution < -0.4 is 0 Å². The average molecular weight is 663 g/mol. The Morgan fingerprint density at radius 3 is 1.12 bits per heavy atom. The zero-order valence-electron chi connectivity index (χ0n) is 28.9. The zero-order chi connectivity index (χ0) is 32.9. The molecule has 0 fully saturated rings. The molecular formula is C46H46S2. The predicted molar refractivity (Wildman–Crippen MR) is 211 cm³/mol. The molecule has 6 aromatic rings. The van der Waals surface area contributed by atoms with E-state index in [2.05, 4.69) is 137 Å². The van der Waals surface area contributed by atoms with Gasteiger partial charge in [0.15, 0.2) is 0 Å². The Morgan fingerprint density at radius 1 is 0.375 bits per heavy atom. The second kappa shape index (κ2) is 12.6. The molecule has 0 saturated heterocycles. The van der Waals surface area contributed by atoms with Crippen molar-refractivity contribution in [1.82, 2.24) is 0 Å². The molecule has 4 aromatic carbocycles. The first-order chi connectivity index (χ1) is 23.6. The van der Waals surface area contributed by atoms with E-state index >= 15 is 0 Å². The maximum absolute atomic E-state index is 2.54. The van der Waals surface area contributed by atoms with E-state index < -0.39 is 0 Å². The van der Waals surface area contributed by atoms with Crippen LogP contribution in [0.5, 0.6) is 0 Å². The van der Waals surface area contributed by atoms with Gasteiger partial charge in [0.05, 0.1) is 0 Å². The largest absolute Gasteiger partial charge is 0.134 e. The van der Waals surface area contributed by atoms with Crippen LogP contribution in [0.4, 0.5) is 0 Å². The predicted octanol–water partition coefficient (Wildman–Crippen LogP) is 14.5. The highest BCUT2D eigenvalue weighted by molar-refractivity contribution is 7.25. The second-order valence-corrected chi connectivity index (χ2v) is 16.3. The Hall–Kier alpha value is -3.72. The number of hydrogen-bond donors (Lipinski definition) is 0. The first-order valence-corrected chi connectivity index (χ1v) is 19.9. The average Bonchev–Trinajstić information content (AvgIpc) is 3.90. The Balaban J connectivity index is 1.13. The number of thiophene rings is 2. The summed E-state index contributed by atoms with van der Waals surface area (Å²) >= 11 is 3.88. The summed E-state index contributed by atoms with van der Waals surface area (Å²) in [4.78, 5) is 5.44. The normalized spacial score (nSPS) is 14.8. The molecule has 0 saturated carbocycles. The third-order valence-electron chi connectivity index (χ3n) is 11.3. The Bertz CT molecular complexity index is 1940. The molecule has 242 valence electrons. The van der Waals surface area contributed by atoms with Crippen molar-refractivity contribution >= 4 is 22.7 Å². The lowest BCUT2D eigenvalue weighted by atomic mass is 9.71. The van der Waals surface area contributed by atoms with Gasteiger partial charge in [-0.3, -0.25) is 0 Å². The van der Waals surface area contributed by atoms with Gasteiger partial charge >= 0.3 is 0 Å². The summed E-state index contributed by atoms with van der Waals surface area (Å²) in [6, 6.07) is 42.4. The highest BCUT2D eigenvalue weighted by Crippen LogP contribution is 2.56. The van der Waals surface area contributed by atoms with Gasteiger partial charge in [-0.2, -0.15) is 0 Å². The van der Waals surface area contributed by atoms with Gasteiger partial charge in [0.2, 0.25) is 0 Å². The van der Waals surface area contributed by atoms with Crippen molar-refractivity contribution in [3.63, 3.8) is 0 Å². The fourth-order valence-electron chi connectivity index (χ4n) is 9.50. The Labute approximate surface area is 295 Å². The fraction of sp³-hybridized carbons (Fsp3) is 0.304. The van der Waals surface area contributed by atoms with E-state index in [0.717, 1.165) is 0 Å². The molecule has 0 nitrogen and oxygen atoms in total. The zero-order valence-corrected chi connectivity index (χ0v) is 30.5. The monoisotopic (exact) mass is 662 g/mol. The molecule has 0 unspecified atom stereocenters. The molecule has 0 bridgehead atoms. The molecule has 2 aliphatic rings. The van der Waals surface area contributed by atoms with Crippen molar-refractivity contribution in [2.24, 2.45) is 0 Å². The number of hydrogen-bond acceptors (Lipinski definition) is 2. The maximum Gasteiger partial charge on any atom is 0.0449 e. The van der Waals surface area contributed by atoms with Crippen molar-refractivity contribution < 1.29 is 0 Å². The van der Waals surface area contributed by atoms with Crippen molar-refractivity contribution in [3.05, 3.63) is 131 Å². The van der Waals surface area contributed by atoms with Crippen molar-refractivity contribution in [2.45, 2.75) is 89.9 Å². The quantitative estimate of drug-likeness (QED) is 0.129. The van der Waals surface area contributed by atoms with Gasteiger partial charge in [0.1, 0.15) is 0 Å². The van der Waals surface area contributed by atoms with Crippen LogP contribution in [0.3, 0.4) is 0 Å². The van der Waals surface area contributed by atoms with Gasteiger partial charge in [0.25, 0.3) is 0 Å². The minimum absolute atomic E-state index is 0.122. The Kier molecular flexibility index (Phi) is 8.30. The molecule has 2 heteroatoms. The molecule has 2 heterocycles. The van der Waals surface area contributed by atoms with Crippen molar-refractivity contribution in [2.75, 3.05) is 0 Å².